The lowest BCUT2D eigenvalue weighted by Gasteiger charge is -2.17. The van der Waals surface area contributed by atoms with Gasteiger partial charge in [-0.1, -0.05) is 25.4 Å². The molecule has 1 amide bonds. The van der Waals surface area contributed by atoms with Gasteiger partial charge in [-0.3, -0.25) is 4.79 Å². The standard InChI is InChI=1S/C15H25ClN4O/c1-4-17-14-10-12(13(16)11-19-14)15(21)18-8-7-9-20(5-2)6-3/h10-11H,4-9H2,1-3H3,(H,17,19)(H,18,21). The average molecular weight is 313 g/mol. The summed E-state index contributed by atoms with van der Waals surface area (Å²) in [6.45, 7) is 10.7. The van der Waals surface area contributed by atoms with Crippen LogP contribution < -0.4 is 10.6 Å². The first-order valence-corrected chi connectivity index (χ1v) is 7.90. The fourth-order valence-corrected chi connectivity index (χ4v) is 2.22. The molecule has 0 atom stereocenters. The van der Waals surface area contributed by atoms with Gasteiger partial charge in [0.2, 0.25) is 0 Å². The van der Waals surface area contributed by atoms with E-state index in [0.717, 1.165) is 32.6 Å². The molecule has 0 fully saturated rings. The Morgan fingerprint density at radius 2 is 2.05 bits per heavy atom. The summed E-state index contributed by atoms with van der Waals surface area (Å²) in [6.07, 6.45) is 2.43. The zero-order valence-electron chi connectivity index (χ0n) is 13.1. The van der Waals surface area contributed by atoms with Crippen molar-refractivity contribution in [3.63, 3.8) is 0 Å². The summed E-state index contributed by atoms with van der Waals surface area (Å²) in [5.74, 6) is 0.510. The highest BCUT2D eigenvalue weighted by Gasteiger charge is 2.11. The monoisotopic (exact) mass is 312 g/mol. The maximum absolute atomic E-state index is 12.1. The van der Waals surface area contributed by atoms with E-state index in [0.29, 0.717) is 22.9 Å². The van der Waals surface area contributed by atoms with Gasteiger partial charge in [0.1, 0.15) is 5.82 Å². The molecule has 0 bridgehead atoms. The van der Waals surface area contributed by atoms with E-state index in [1.807, 2.05) is 6.92 Å². The fraction of sp³-hybridized carbons (Fsp3) is 0.600. The first-order valence-electron chi connectivity index (χ1n) is 7.52. The topological polar surface area (TPSA) is 57.3 Å². The second kappa shape index (κ2) is 9.58. The smallest absolute Gasteiger partial charge is 0.252 e. The van der Waals surface area contributed by atoms with Crippen molar-refractivity contribution < 1.29 is 4.79 Å². The van der Waals surface area contributed by atoms with Crippen molar-refractivity contribution in [3.8, 4) is 0 Å². The summed E-state index contributed by atoms with van der Waals surface area (Å²) in [5, 5.41) is 6.35. The van der Waals surface area contributed by atoms with Crippen molar-refractivity contribution in [3.05, 3.63) is 22.8 Å². The Balaban J connectivity index is 2.49. The molecule has 0 unspecified atom stereocenters. The molecule has 0 aliphatic heterocycles. The van der Waals surface area contributed by atoms with Gasteiger partial charge in [0.25, 0.3) is 5.91 Å². The van der Waals surface area contributed by atoms with Crippen LogP contribution in [0.5, 0.6) is 0 Å². The SMILES string of the molecule is CCNc1cc(C(=O)NCCCN(CC)CC)c(Cl)cn1. The van der Waals surface area contributed by atoms with Crippen LogP contribution in [0.2, 0.25) is 5.02 Å². The molecular weight excluding hydrogens is 288 g/mol. The summed E-state index contributed by atoms with van der Waals surface area (Å²) >= 11 is 6.04. The zero-order chi connectivity index (χ0) is 15.7. The summed E-state index contributed by atoms with van der Waals surface area (Å²) in [6, 6.07) is 1.69. The summed E-state index contributed by atoms with van der Waals surface area (Å²) in [4.78, 5) is 18.6. The number of halogens is 1. The normalized spacial score (nSPS) is 10.7. The van der Waals surface area contributed by atoms with Crippen molar-refractivity contribution in [1.29, 1.82) is 0 Å². The van der Waals surface area contributed by atoms with Crippen LogP contribution in [0.25, 0.3) is 0 Å². The molecule has 2 N–H and O–H groups in total. The molecule has 1 aromatic heterocycles. The third-order valence-corrected chi connectivity index (χ3v) is 3.59. The number of carbonyl (C=O) groups excluding carboxylic acids is 1. The van der Waals surface area contributed by atoms with E-state index in [4.69, 9.17) is 11.6 Å². The summed E-state index contributed by atoms with van der Waals surface area (Å²) < 4.78 is 0. The molecule has 21 heavy (non-hydrogen) atoms. The van der Waals surface area contributed by atoms with Crippen molar-refractivity contribution in [2.75, 3.05) is 38.0 Å². The minimum Gasteiger partial charge on any atom is -0.370 e. The molecule has 1 heterocycles. The van der Waals surface area contributed by atoms with Crippen LogP contribution in [0.3, 0.4) is 0 Å². The number of amides is 1. The van der Waals surface area contributed by atoms with Gasteiger partial charge in [-0.25, -0.2) is 4.98 Å². The number of anilines is 1. The van der Waals surface area contributed by atoms with Crippen LogP contribution in [0.4, 0.5) is 5.82 Å². The Kier molecular flexibility index (Phi) is 8.08. The predicted octanol–water partition coefficient (Wildman–Crippen LogP) is 2.63. The highest BCUT2D eigenvalue weighted by molar-refractivity contribution is 6.33. The van der Waals surface area contributed by atoms with E-state index in [-0.39, 0.29) is 5.91 Å². The van der Waals surface area contributed by atoms with Crippen LogP contribution in [0.15, 0.2) is 12.3 Å². The van der Waals surface area contributed by atoms with Crippen LogP contribution in [0.1, 0.15) is 37.6 Å². The highest BCUT2D eigenvalue weighted by atomic mass is 35.5. The number of rotatable bonds is 9. The molecule has 0 spiro atoms. The zero-order valence-corrected chi connectivity index (χ0v) is 13.8. The lowest BCUT2D eigenvalue weighted by molar-refractivity contribution is 0.0952. The fourth-order valence-electron chi connectivity index (χ4n) is 2.03. The second-order valence-electron chi connectivity index (χ2n) is 4.72. The highest BCUT2D eigenvalue weighted by Crippen LogP contribution is 2.17. The van der Waals surface area contributed by atoms with E-state index in [2.05, 4.69) is 34.4 Å². The van der Waals surface area contributed by atoms with Crippen LogP contribution in [-0.4, -0.2) is 48.5 Å². The molecule has 0 aliphatic carbocycles. The van der Waals surface area contributed by atoms with E-state index in [1.165, 1.54) is 6.20 Å². The maximum Gasteiger partial charge on any atom is 0.252 e. The molecule has 0 saturated heterocycles. The minimum atomic E-state index is -0.152. The first-order chi connectivity index (χ1) is 10.1. The third-order valence-electron chi connectivity index (χ3n) is 3.29. The number of nitrogens with zero attached hydrogens (tertiary/aromatic N) is 2. The Hall–Kier alpha value is -1.33. The first kappa shape index (κ1) is 17.7. The van der Waals surface area contributed by atoms with Crippen molar-refractivity contribution in [2.45, 2.75) is 27.2 Å². The van der Waals surface area contributed by atoms with E-state index >= 15 is 0 Å². The largest absolute Gasteiger partial charge is 0.370 e. The molecule has 6 heteroatoms. The van der Waals surface area contributed by atoms with Crippen molar-refractivity contribution in [2.24, 2.45) is 0 Å². The molecule has 0 aromatic carbocycles. The van der Waals surface area contributed by atoms with Gasteiger partial charge in [-0.2, -0.15) is 0 Å². The van der Waals surface area contributed by atoms with Gasteiger partial charge in [-0.15, -0.1) is 0 Å². The number of pyridine rings is 1. The van der Waals surface area contributed by atoms with Gasteiger partial charge < -0.3 is 15.5 Å². The maximum atomic E-state index is 12.1. The molecule has 0 saturated carbocycles. The molecule has 0 radical (unpaired) electrons. The number of carbonyl (C=O) groups is 1. The molecule has 1 aromatic rings. The predicted molar refractivity (Wildman–Crippen MR) is 88.1 cm³/mol. The van der Waals surface area contributed by atoms with Crippen molar-refractivity contribution >= 4 is 23.3 Å². The van der Waals surface area contributed by atoms with Gasteiger partial charge in [-0.05, 0) is 39.0 Å². The quantitative estimate of drug-likeness (QED) is 0.688. The van der Waals surface area contributed by atoms with Gasteiger partial charge in [0, 0.05) is 19.3 Å². The van der Waals surface area contributed by atoms with E-state index in [9.17, 15) is 4.79 Å². The van der Waals surface area contributed by atoms with Gasteiger partial charge >= 0.3 is 0 Å². The second-order valence-corrected chi connectivity index (χ2v) is 5.12. The number of nitrogens with one attached hydrogen (secondary N) is 2. The Morgan fingerprint density at radius 1 is 1.33 bits per heavy atom. The molecule has 118 valence electrons. The minimum absolute atomic E-state index is 0.152. The van der Waals surface area contributed by atoms with Crippen LogP contribution >= 0.6 is 11.6 Å². The van der Waals surface area contributed by atoms with Gasteiger partial charge in [0.05, 0.1) is 10.6 Å². The lowest BCUT2D eigenvalue weighted by Crippen LogP contribution is -2.30. The van der Waals surface area contributed by atoms with Crippen LogP contribution in [0, 0.1) is 0 Å². The summed E-state index contributed by atoms with van der Waals surface area (Å²) in [7, 11) is 0. The number of aromatic nitrogens is 1. The molecule has 1 rings (SSSR count). The Labute approximate surface area is 132 Å². The Bertz CT molecular complexity index is 449. The van der Waals surface area contributed by atoms with E-state index in [1.54, 1.807) is 6.07 Å². The van der Waals surface area contributed by atoms with Crippen molar-refractivity contribution in [1.82, 2.24) is 15.2 Å². The Morgan fingerprint density at radius 3 is 2.67 bits per heavy atom. The summed E-state index contributed by atoms with van der Waals surface area (Å²) in [5.41, 5.74) is 0.463. The van der Waals surface area contributed by atoms with E-state index < -0.39 is 0 Å². The third kappa shape index (κ3) is 5.89. The molecular formula is C15H25ClN4O. The number of hydrogen-bond acceptors (Lipinski definition) is 4. The van der Waals surface area contributed by atoms with Crippen LogP contribution in [-0.2, 0) is 0 Å². The molecule has 5 nitrogen and oxygen atoms in total. The number of hydrogen-bond donors (Lipinski definition) is 2. The lowest BCUT2D eigenvalue weighted by atomic mass is 10.2. The van der Waals surface area contributed by atoms with Gasteiger partial charge in [0.15, 0.2) is 0 Å². The molecule has 0 aliphatic rings. The average Bonchev–Trinajstić information content (AvgIpc) is 2.49.